The van der Waals surface area contributed by atoms with Gasteiger partial charge in [0, 0.05) is 12.0 Å². The highest BCUT2D eigenvalue weighted by Gasteiger charge is 2.64. The standard InChI is InChI=1S/C22H18N4O4/c1-12-18(27)26-16-9-5-3-7-14(16)22(21(26)24-12)10-17(20(29)30-22)25-11-23-15-8-4-2-6-13(15)19(25)28/h2-9,11-12,17,21,24H,10H2,1H3/t12-,17+,21+,22-/m0/s1. The fourth-order valence-corrected chi connectivity index (χ4v) is 5.02. The second-order valence-electron chi connectivity index (χ2n) is 8.02. The van der Waals surface area contributed by atoms with Gasteiger partial charge < -0.3 is 4.74 Å². The van der Waals surface area contributed by atoms with Crippen LogP contribution < -0.4 is 15.8 Å². The summed E-state index contributed by atoms with van der Waals surface area (Å²) in [6.07, 6.45) is 1.14. The molecule has 0 radical (unpaired) electrons. The van der Waals surface area contributed by atoms with Crippen LogP contribution in [0.25, 0.3) is 10.9 Å². The number of amides is 1. The Kier molecular flexibility index (Phi) is 3.33. The molecule has 1 spiro atoms. The molecule has 0 unspecified atom stereocenters. The highest BCUT2D eigenvalue weighted by atomic mass is 16.6. The quantitative estimate of drug-likeness (QED) is 0.619. The lowest BCUT2D eigenvalue weighted by atomic mass is 9.88. The maximum Gasteiger partial charge on any atom is 0.330 e. The molecule has 2 saturated heterocycles. The molecule has 1 N–H and O–H groups in total. The van der Waals surface area contributed by atoms with Gasteiger partial charge in [-0.25, -0.2) is 9.78 Å². The van der Waals surface area contributed by atoms with Crippen molar-refractivity contribution in [2.24, 2.45) is 0 Å². The van der Waals surface area contributed by atoms with Gasteiger partial charge in [-0.15, -0.1) is 0 Å². The molecule has 8 heteroatoms. The monoisotopic (exact) mass is 402 g/mol. The minimum Gasteiger partial charge on any atom is -0.449 e. The van der Waals surface area contributed by atoms with Crippen LogP contribution in [0.15, 0.2) is 59.7 Å². The summed E-state index contributed by atoms with van der Waals surface area (Å²) in [5.41, 5.74) is 0.756. The number of rotatable bonds is 1. The number of fused-ring (bicyclic) bond motifs is 6. The van der Waals surface area contributed by atoms with E-state index in [1.807, 2.05) is 30.3 Å². The van der Waals surface area contributed by atoms with Crippen LogP contribution in [0.5, 0.6) is 0 Å². The zero-order chi connectivity index (χ0) is 20.6. The highest BCUT2D eigenvalue weighted by molar-refractivity contribution is 6.03. The van der Waals surface area contributed by atoms with Gasteiger partial charge in [-0.1, -0.05) is 30.3 Å². The van der Waals surface area contributed by atoms with Crippen molar-refractivity contribution < 1.29 is 14.3 Å². The van der Waals surface area contributed by atoms with E-state index < -0.39 is 23.8 Å². The summed E-state index contributed by atoms with van der Waals surface area (Å²) in [5, 5.41) is 3.73. The number of nitrogens with one attached hydrogen (secondary N) is 1. The lowest BCUT2D eigenvalue weighted by Crippen LogP contribution is -2.49. The van der Waals surface area contributed by atoms with Crippen LogP contribution in [0.3, 0.4) is 0 Å². The van der Waals surface area contributed by atoms with Crippen molar-refractivity contribution in [2.45, 2.75) is 37.2 Å². The molecule has 3 aliphatic heterocycles. The molecule has 2 aromatic carbocycles. The van der Waals surface area contributed by atoms with E-state index in [2.05, 4.69) is 10.3 Å². The third-order valence-electron chi connectivity index (χ3n) is 6.41. The maximum atomic E-state index is 13.1. The molecule has 1 aromatic heterocycles. The van der Waals surface area contributed by atoms with Crippen molar-refractivity contribution in [3.63, 3.8) is 0 Å². The van der Waals surface area contributed by atoms with E-state index >= 15 is 0 Å². The van der Waals surface area contributed by atoms with E-state index in [4.69, 9.17) is 4.74 Å². The fourth-order valence-electron chi connectivity index (χ4n) is 5.02. The van der Waals surface area contributed by atoms with Crippen LogP contribution in [0, 0.1) is 0 Å². The molecule has 0 bridgehead atoms. The van der Waals surface area contributed by atoms with Gasteiger partial charge in [0.2, 0.25) is 5.91 Å². The van der Waals surface area contributed by atoms with Gasteiger partial charge in [0.25, 0.3) is 5.56 Å². The van der Waals surface area contributed by atoms with Crippen molar-refractivity contribution in [3.05, 3.63) is 70.8 Å². The summed E-state index contributed by atoms with van der Waals surface area (Å²) in [5.74, 6) is -0.562. The lowest BCUT2D eigenvalue weighted by molar-refractivity contribution is -0.152. The molecule has 0 aliphatic carbocycles. The summed E-state index contributed by atoms with van der Waals surface area (Å²) < 4.78 is 7.35. The van der Waals surface area contributed by atoms with Crippen LogP contribution in [-0.4, -0.2) is 33.6 Å². The van der Waals surface area contributed by atoms with E-state index in [0.29, 0.717) is 10.9 Å². The van der Waals surface area contributed by atoms with E-state index in [1.54, 1.807) is 30.0 Å². The van der Waals surface area contributed by atoms with Gasteiger partial charge in [0.15, 0.2) is 5.60 Å². The molecule has 4 atom stereocenters. The van der Waals surface area contributed by atoms with E-state index in [1.165, 1.54) is 10.9 Å². The van der Waals surface area contributed by atoms with Crippen molar-refractivity contribution >= 4 is 28.5 Å². The van der Waals surface area contributed by atoms with Crippen molar-refractivity contribution in [2.75, 3.05) is 4.90 Å². The van der Waals surface area contributed by atoms with Crippen LogP contribution >= 0.6 is 0 Å². The molecule has 3 aromatic rings. The first kappa shape index (κ1) is 17.3. The number of nitrogens with zero attached hydrogens (tertiary/aromatic N) is 3. The van der Waals surface area contributed by atoms with Gasteiger partial charge in [0.05, 0.1) is 29.0 Å². The maximum absolute atomic E-state index is 13.1. The fraction of sp³-hybridized carbons (Fsp3) is 0.273. The Morgan fingerprint density at radius 1 is 1.10 bits per heavy atom. The average Bonchev–Trinajstić information content (AvgIpc) is 3.34. The largest absolute Gasteiger partial charge is 0.449 e. The van der Waals surface area contributed by atoms with Gasteiger partial charge in [-0.3, -0.25) is 24.4 Å². The number of hydrogen-bond acceptors (Lipinski definition) is 6. The lowest BCUT2D eigenvalue weighted by Gasteiger charge is -2.30. The molecule has 150 valence electrons. The van der Waals surface area contributed by atoms with Gasteiger partial charge >= 0.3 is 5.97 Å². The number of ether oxygens (including phenoxy) is 1. The zero-order valence-electron chi connectivity index (χ0n) is 16.1. The normalized spacial score (nSPS) is 29.5. The minimum atomic E-state index is -1.05. The number of aromatic nitrogens is 2. The summed E-state index contributed by atoms with van der Waals surface area (Å²) >= 11 is 0. The number of anilines is 1. The Morgan fingerprint density at radius 2 is 1.87 bits per heavy atom. The number of carbonyl (C=O) groups is 2. The van der Waals surface area contributed by atoms with Crippen molar-refractivity contribution in [1.29, 1.82) is 0 Å². The summed E-state index contributed by atoms with van der Waals surface area (Å²) in [7, 11) is 0. The van der Waals surface area contributed by atoms with Gasteiger partial charge in [0.1, 0.15) is 12.2 Å². The van der Waals surface area contributed by atoms with E-state index in [0.717, 1.165) is 11.3 Å². The van der Waals surface area contributed by atoms with Gasteiger partial charge in [-0.2, -0.15) is 0 Å². The average molecular weight is 402 g/mol. The molecule has 4 heterocycles. The number of benzene rings is 2. The Hall–Kier alpha value is -3.52. The first-order valence-corrected chi connectivity index (χ1v) is 9.89. The number of hydrogen-bond donors (Lipinski definition) is 1. The third kappa shape index (κ3) is 2.03. The Balaban J connectivity index is 1.49. The molecule has 30 heavy (non-hydrogen) atoms. The number of esters is 1. The Morgan fingerprint density at radius 3 is 2.73 bits per heavy atom. The Bertz CT molecular complexity index is 1300. The summed E-state index contributed by atoms with van der Waals surface area (Å²) in [6.45, 7) is 1.79. The first-order chi connectivity index (χ1) is 14.5. The predicted octanol–water partition coefficient (Wildman–Crippen LogP) is 1.44. The third-order valence-corrected chi connectivity index (χ3v) is 6.41. The van der Waals surface area contributed by atoms with Crippen LogP contribution in [0.4, 0.5) is 5.69 Å². The van der Waals surface area contributed by atoms with Crippen LogP contribution in [-0.2, 0) is 19.9 Å². The summed E-state index contributed by atoms with van der Waals surface area (Å²) in [6, 6.07) is 13.3. The first-order valence-electron chi connectivity index (χ1n) is 9.89. The topological polar surface area (TPSA) is 93.5 Å². The van der Waals surface area contributed by atoms with Crippen molar-refractivity contribution in [3.8, 4) is 0 Å². The SMILES string of the molecule is C[C@@H]1N[C@@H]2N(C1=O)c1ccccc1[C@@]21C[C@@H](n2cnc3ccccc3c2=O)C(=O)O1. The molecule has 3 aliphatic rings. The second kappa shape index (κ2) is 5.76. The smallest absolute Gasteiger partial charge is 0.330 e. The van der Waals surface area contributed by atoms with Crippen molar-refractivity contribution in [1.82, 2.24) is 14.9 Å². The van der Waals surface area contributed by atoms with Crippen LogP contribution in [0.2, 0.25) is 0 Å². The highest BCUT2D eigenvalue weighted by Crippen LogP contribution is 2.54. The Labute approximate surface area is 171 Å². The summed E-state index contributed by atoms with van der Waals surface area (Å²) in [4.78, 5) is 44.9. The number of para-hydroxylation sites is 2. The molecule has 6 rings (SSSR count). The van der Waals surface area contributed by atoms with Gasteiger partial charge in [-0.05, 0) is 25.1 Å². The molecule has 2 fully saturated rings. The molecule has 8 nitrogen and oxygen atoms in total. The predicted molar refractivity (Wildman–Crippen MR) is 108 cm³/mol. The molecule has 0 saturated carbocycles. The zero-order valence-corrected chi connectivity index (χ0v) is 16.1. The van der Waals surface area contributed by atoms with E-state index in [-0.39, 0.29) is 23.9 Å². The minimum absolute atomic E-state index is 0.0617. The van der Waals surface area contributed by atoms with Crippen LogP contribution in [0.1, 0.15) is 24.9 Å². The second-order valence-corrected chi connectivity index (χ2v) is 8.02. The number of carbonyl (C=O) groups excluding carboxylic acids is 2. The molecule has 1 amide bonds. The van der Waals surface area contributed by atoms with E-state index in [9.17, 15) is 14.4 Å². The molecular weight excluding hydrogens is 384 g/mol. The molecular formula is C22H18N4O4.